The largest absolute Gasteiger partial charge is 0.444 e. The molecule has 1 N–H and O–H groups in total. The van der Waals surface area contributed by atoms with Crippen LogP contribution >= 0.6 is 31.9 Å². The molecule has 4 nitrogen and oxygen atoms in total. The molecule has 0 bridgehead atoms. The highest BCUT2D eigenvalue weighted by Crippen LogP contribution is 2.30. The van der Waals surface area contributed by atoms with Crippen LogP contribution in [0, 0.1) is 0 Å². The van der Waals surface area contributed by atoms with Gasteiger partial charge in [0.1, 0.15) is 0 Å². The van der Waals surface area contributed by atoms with Crippen LogP contribution in [0.25, 0.3) is 10.9 Å². The summed E-state index contributed by atoms with van der Waals surface area (Å²) in [5.74, 6) is 0.303. The number of aromatic nitrogens is 1. The van der Waals surface area contributed by atoms with Crippen LogP contribution < -0.4 is 0 Å². The fraction of sp³-hybridized carbons (Fsp3) is 0.188. The second-order valence-electron chi connectivity index (χ2n) is 5.35. The van der Waals surface area contributed by atoms with E-state index in [9.17, 15) is 4.79 Å². The fourth-order valence-electron chi connectivity index (χ4n) is 2.94. The van der Waals surface area contributed by atoms with Crippen molar-refractivity contribution in [2.45, 2.75) is 13.0 Å². The predicted molar refractivity (Wildman–Crippen MR) is 90.9 cm³/mol. The van der Waals surface area contributed by atoms with Gasteiger partial charge in [0.25, 0.3) is 5.91 Å². The first-order chi connectivity index (χ1) is 10.6. The molecule has 0 aliphatic carbocycles. The summed E-state index contributed by atoms with van der Waals surface area (Å²) in [5.41, 5.74) is 3.53. The molecule has 22 heavy (non-hydrogen) atoms. The van der Waals surface area contributed by atoms with E-state index < -0.39 is 0 Å². The van der Waals surface area contributed by atoms with Crippen molar-refractivity contribution in [3.8, 4) is 0 Å². The van der Waals surface area contributed by atoms with Crippen molar-refractivity contribution in [2.24, 2.45) is 0 Å². The van der Waals surface area contributed by atoms with Gasteiger partial charge in [-0.25, -0.2) is 0 Å². The second kappa shape index (κ2) is 5.28. The molecule has 112 valence electrons. The smallest absolute Gasteiger partial charge is 0.289 e. The van der Waals surface area contributed by atoms with Crippen LogP contribution in [-0.2, 0) is 13.0 Å². The van der Waals surface area contributed by atoms with Gasteiger partial charge in [0.15, 0.2) is 10.4 Å². The Hall–Kier alpha value is -1.53. The third kappa shape index (κ3) is 2.30. The van der Waals surface area contributed by atoms with Crippen molar-refractivity contribution < 1.29 is 9.21 Å². The van der Waals surface area contributed by atoms with E-state index in [-0.39, 0.29) is 5.91 Å². The highest BCUT2D eigenvalue weighted by Gasteiger charge is 2.26. The molecule has 2 aromatic heterocycles. The van der Waals surface area contributed by atoms with Gasteiger partial charge in [0.05, 0.1) is 0 Å². The van der Waals surface area contributed by atoms with Gasteiger partial charge in [-0.2, -0.15) is 0 Å². The maximum absolute atomic E-state index is 12.5. The van der Waals surface area contributed by atoms with Gasteiger partial charge in [-0.3, -0.25) is 4.79 Å². The van der Waals surface area contributed by atoms with E-state index >= 15 is 0 Å². The molecule has 3 aromatic rings. The summed E-state index contributed by atoms with van der Waals surface area (Å²) in [5, 5.41) is 1.17. The van der Waals surface area contributed by atoms with Gasteiger partial charge < -0.3 is 14.3 Å². The average molecular weight is 424 g/mol. The van der Waals surface area contributed by atoms with Crippen molar-refractivity contribution in [1.29, 1.82) is 0 Å². The summed E-state index contributed by atoms with van der Waals surface area (Å²) >= 11 is 6.75. The van der Waals surface area contributed by atoms with Gasteiger partial charge in [0, 0.05) is 46.1 Å². The molecule has 1 aromatic carbocycles. The molecule has 6 heteroatoms. The number of carbonyl (C=O) groups is 1. The molecule has 0 fully saturated rings. The van der Waals surface area contributed by atoms with Gasteiger partial charge in [-0.05, 0) is 46.3 Å². The lowest BCUT2D eigenvalue weighted by molar-refractivity contribution is 0.0701. The summed E-state index contributed by atoms with van der Waals surface area (Å²) in [7, 11) is 0. The number of carbonyl (C=O) groups excluding carboxylic acids is 1. The number of hydrogen-bond donors (Lipinski definition) is 1. The van der Waals surface area contributed by atoms with E-state index in [1.807, 2.05) is 11.0 Å². The van der Waals surface area contributed by atoms with Crippen molar-refractivity contribution in [1.82, 2.24) is 9.88 Å². The summed E-state index contributed by atoms with van der Waals surface area (Å²) in [6, 6.07) is 9.63. The number of aromatic amines is 1. The zero-order valence-corrected chi connectivity index (χ0v) is 14.7. The van der Waals surface area contributed by atoms with Crippen molar-refractivity contribution in [3.63, 3.8) is 0 Å². The zero-order valence-electron chi connectivity index (χ0n) is 11.5. The minimum Gasteiger partial charge on any atom is -0.444 e. The predicted octanol–water partition coefficient (Wildman–Crippen LogP) is 4.48. The topological polar surface area (TPSA) is 49.2 Å². The number of nitrogens with zero attached hydrogens (tertiary/aromatic N) is 1. The highest BCUT2D eigenvalue weighted by molar-refractivity contribution is 9.10. The minimum atomic E-state index is -0.0688. The monoisotopic (exact) mass is 422 g/mol. The number of furan rings is 1. The van der Waals surface area contributed by atoms with E-state index in [0.29, 0.717) is 23.5 Å². The molecule has 0 atom stereocenters. The molecule has 0 radical (unpaired) electrons. The van der Waals surface area contributed by atoms with Crippen LogP contribution in [0.3, 0.4) is 0 Å². The molecule has 0 saturated carbocycles. The molecular weight excluding hydrogens is 412 g/mol. The first kappa shape index (κ1) is 14.1. The SMILES string of the molecule is O=C(c1ccc(Br)o1)N1CCc2[nH]c3ccc(Br)cc3c2C1. The van der Waals surface area contributed by atoms with Gasteiger partial charge in [0.2, 0.25) is 0 Å². The molecule has 1 aliphatic rings. The standard InChI is InChI=1S/C16H12Br2N2O2/c17-9-1-2-12-10(7-9)11-8-20(6-5-13(11)19-12)16(21)14-3-4-15(18)22-14/h1-4,7,19H,5-6,8H2. The van der Waals surface area contributed by atoms with Crippen molar-refractivity contribution in [3.05, 3.63) is 56.5 Å². The van der Waals surface area contributed by atoms with Crippen LogP contribution in [0.5, 0.6) is 0 Å². The Morgan fingerprint density at radius 1 is 1.23 bits per heavy atom. The maximum atomic E-state index is 12.5. The number of nitrogens with one attached hydrogen (secondary N) is 1. The molecule has 0 saturated heterocycles. The van der Waals surface area contributed by atoms with Crippen molar-refractivity contribution >= 4 is 48.7 Å². The van der Waals surface area contributed by atoms with Gasteiger partial charge >= 0.3 is 0 Å². The quantitative estimate of drug-likeness (QED) is 0.627. The van der Waals surface area contributed by atoms with Crippen LogP contribution in [0.4, 0.5) is 0 Å². The zero-order chi connectivity index (χ0) is 15.3. The third-order valence-corrected chi connectivity index (χ3v) is 4.93. The Morgan fingerprint density at radius 3 is 2.86 bits per heavy atom. The van der Waals surface area contributed by atoms with Gasteiger partial charge in [-0.1, -0.05) is 15.9 Å². The summed E-state index contributed by atoms with van der Waals surface area (Å²) in [4.78, 5) is 17.8. The molecule has 0 spiro atoms. The summed E-state index contributed by atoms with van der Waals surface area (Å²) < 4.78 is 7.00. The first-order valence-electron chi connectivity index (χ1n) is 6.95. The number of amides is 1. The molecular formula is C16H12Br2N2O2. The lowest BCUT2D eigenvalue weighted by Gasteiger charge is -2.26. The van der Waals surface area contributed by atoms with E-state index in [1.54, 1.807) is 12.1 Å². The fourth-order valence-corrected chi connectivity index (χ4v) is 3.61. The lowest BCUT2D eigenvalue weighted by Crippen LogP contribution is -2.35. The van der Waals surface area contributed by atoms with Crippen LogP contribution in [0.15, 0.2) is 43.9 Å². The Labute approximate surface area is 143 Å². The molecule has 1 aliphatic heterocycles. The first-order valence-corrected chi connectivity index (χ1v) is 8.54. The van der Waals surface area contributed by atoms with Gasteiger partial charge in [-0.15, -0.1) is 0 Å². The number of fused-ring (bicyclic) bond motifs is 3. The van der Waals surface area contributed by atoms with Crippen LogP contribution in [0.1, 0.15) is 21.8 Å². The number of benzene rings is 1. The Bertz CT molecular complexity index is 882. The molecule has 0 unspecified atom stereocenters. The van der Waals surface area contributed by atoms with Crippen LogP contribution in [0.2, 0.25) is 0 Å². The molecule has 3 heterocycles. The minimum absolute atomic E-state index is 0.0688. The molecule has 1 amide bonds. The number of halogens is 2. The van der Waals surface area contributed by atoms with E-state index in [1.165, 1.54) is 16.6 Å². The second-order valence-corrected chi connectivity index (χ2v) is 7.05. The van der Waals surface area contributed by atoms with E-state index in [2.05, 4.69) is 49.0 Å². The Morgan fingerprint density at radius 2 is 2.09 bits per heavy atom. The van der Waals surface area contributed by atoms with E-state index in [0.717, 1.165) is 16.4 Å². The number of H-pyrrole nitrogens is 1. The Balaban J connectivity index is 1.70. The lowest BCUT2D eigenvalue weighted by atomic mass is 10.0. The van der Waals surface area contributed by atoms with Crippen LogP contribution in [-0.4, -0.2) is 22.3 Å². The van der Waals surface area contributed by atoms with E-state index in [4.69, 9.17) is 4.42 Å². The maximum Gasteiger partial charge on any atom is 0.289 e. The average Bonchev–Trinajstić information content (AvgIpc) is 3.09. The normalized spacial score (nSPS) is 14.4. The summed E-state index contributed by atoms with van der Waals surface area (Å²) in [6.07, 6.45) is 0.829. The third-order valence-electron chi connectivity index (χ3n) is 4.01. The Kier molecular flexibility index (Phi) is 3.38. The number of hydrogen-bond acceptors (Lipinski definition) is 2. The highest BCUT2D eigenvalue weighted by atomic mass is 79.9. The number of rotatable bonds is 1. The summed E-state index contributed by atoms with van der Waals surface area (Å²) in [6.45, 7) is 1.29. The van der Waals surface area contributed by atoms with Crippen molar-refractivity contribution in [2.75, 3.05) is 6.54 Å². The molecule has 4 rings (SSSR count).